The summed E-state index contributed by atoms with van der Waals surface area (Å²) in [4.78, 5) is 26.3. The number of carbonyl (C=O) groups is 2. The number of carbonyl (C=O) groups excluding carboxylic acids is 2. The number of piperidine rings is 1. The topological polar surface area (TPSA) is 74.6 Å². The van der Waals surface area contributed by atoms with Crippen LogP contribution >= 0.6 is 23.2 Å². The molecule has 2 N–H and O–H groups in total. The van der Waals surface area contributed by atoms with Gasteiger partial charge in [0.2, 0.25) is 0 Å². The van der Waals surface area contributed by atoms with Gasteiger partial charge in [0.05, 0.1) is 12.3 Å². The van der Waals surface area contributed by atoms with Crippen molar-refractivity contribution >= 4 is 35.1 Å². The van der Waals surface area contributed by atoms with Gasteiger partial charge in [0.15, 0.2) is 5.76 Å². The van der Waals surface area contributed by atoms with Crippen LogP contribution in [0.4, 0.5) is 4.79 Å². The number of urea groups is 1. The molecule has 6 nitrogen and oxygen atoms in total. The maximum Gasteiger partial charge on any atom is 0.315 e. The quantitative estimate of drug-likeness (QED) is 0.792. The van der Waals surface area contributed by atoms with Gasteiger partial charge in [0, 0.05) is 29.2 Å². The van der Waals surface area contributed by atoms with Crippen LogP contribution in [0.25, 0.3) is 0 Å². The molecular formula is C19H21Cl2N3O3. The first-order valence-corrected chi connectivity index (χ1v) is 9.54. The Kier molecular flexibility index (Phi) is 6.29. The highest BCUT2D eigenvalue weighted by atomic mass is 35.5. The Balaban J connectivity index is 1.47. The van der Waals surface area contributed by atoms with Crippen molar-refractivity contribution in [2.45, 2.75) is 31.8 Å². The standard InChI is InChI=1S/C19H21Cl2N3O3/c1-12(15-5-4-13(20)11-16(15)21)22-19(26)23-14-6-8-24(9-7-14)18(25)17-3-2-10-27-17/h2-5,10-12,14H,6-9H2,1H3,(H2,22,23,26)/t12-/m0/s1. The van der Waals surface area contributed by atoms with Crippen molar-refractivity contribution in [1.82, 2.24) is 15.5 Å². The molecule has 1 atom stereocenters. The molecule has 0 unspecified atom stereocenters. The van der Waals surface area contributed by atoms with E-state index in [0.29, 0.717) is 41.7 Å². The van der Waals surface area contributed by atoms with E-state index in [1.165, 1.54) is 6.26 Å². The van der Waals surface area contributed by atoms with E-state index >= 15 is 0 Å². The minimum atomic E-state index is -0.260. The summed E-state index contributed by atoms with van der Waals surface area (Å²) in [5.41, 5.74) is 0.801. The van der Waals surface area contributed by atoms with Gasteiger partial charge >= 0.3 is 6.03 Å². The Morgan fingerprint density at radius 1 is 1.22 bits per heavy atom. The third-order valence-electron chi connectivity index (χ3n) is 4.63. The summed E-state index contributed by atoms with van der Waals surface area (Å²) in [6, 6.07) is 8.04. The Labute approximate surface area is 167 Å². The first-order valence-electron chi connectivity index (χ1n) is 8.79. The molecule has 1 fully saturated rings. The summed E-state index contributed by atoms with van der Waals surface area (Å²) in [6.45, 7) is 3.01. The second-order valence-electron chi connectivity index (χ2n) is 6.55. The lowest BCUT2D eigenvalue weighted by molar-refractivity contribution is 0.0676. The zero-order valence-electron chi connectivity index (χ0n) is 14.9. The maximum atomic E-state index is 12.3. The fourth-order valence-electron chi connectivity index (χ4n) is 3.14. The van der Waals surface area contributed by atoms with E-state index in [1.807, 2.05) is 6.92 Å². The molecule has 1 aromatic heterocycles. The van der Waals surface area contributed by atoms with Crippen LogP contribution < -0.4 is 10.6 Å². The van der Waals surface area contributed by atoms with Crippen molar-refractivity contribution in [3.05, 3.63) is 58.0 Å². The zero-order valence-corrected chi connectivity index (χ0v) is 16.4. The van der Waals surface area contributed by atoms with E-state index in [4.69, 9.17) is 27.6 Å². The molecule has 3 rings (SSSR count). The van der Waals surface area contributed by atoms with Crippen molar-refractivity contribution in [1.29, 1.82) is 0 Å². The van der Waals surface area contributed by atoms with Gasteiger partial charge in [-0.25, -0.2) is 4.79 Å². The predicted octanol–water partition coefficient (Wildman–Crippen LogP) is 4.25. The number of likely N-dealkylation sites (tertiary alicyclic amines) is 1. The van der Waals surface area contributed by atoms with E-state index < -0.39 is 0 Å². The van der Waals surface area contributed by atoms with E-state index in [-0.39, 0.29) is 24.0 Å². The molecule has 1 aliphatic heterocycles. The molecule has 3 amide bonds. The van der Waals surface area contributed by atoms with Crippen molar-refractivity contribution in [3.8, 4) is 0 Å². The van der Waals surface area contributed by atoms with Gasteiger partial charge in [-0.15, -0.1) is 0 Å². The summed E-state index contributed by atoms with van der Waals surface area (Å²) in [5, 5.41) is 6.92. The lowest BCUT2D eigenvalue weighted by Crippen LogP contribution is -2.49. The number of amides is 3. The number of nitrogens with zero attached hydrogens (tertiary/aromatic N) is 1. The van der Waals surface area contributed by atoms with E-state index in [2.05, 4.69) is 10.6 Å². The molecule has 8 heteroatoms. The highest BCUT2D eigenvalue weighted by molar-refractivity contribution is 6.35. The summed E-state index contributed by atoms with van der Waals surface area (Å²) in [7, 11) is 0. The smallest absolute Gasteiger partial charge is 0.315 e. The Morgan fingerprint density at radius 3 is 2.59 bits per heavy atom. The van der Waals surface area contributed by atoms with Crippen molar-refractivity contribution in [2.24, 2.45) is 0 Å². The van der Waals surface area contributed by atoms with Crippen LogP contribution in [0.5, 0.6) is 0 Å². The monoisotopic (exact) mass is 409 g/mol. The maximum absolute atomic E-state index is 12.3. The lowest BCUT2D eigenvalue weighted by atomic mass is 10.0. The number of nitrogens with one attached hydrogen (secondary N) is 2. The number of benzene rings is 1. The molecule has 0 bridgehead atoms. The van der Waals surface area contributed by atoms with Crippen molar-refractivity contribution in [2.75, 3.05) is 13.1 Å². The predicted molar refractivity (Wildman–Crippen MR) is 104 cm³/mol. The molecule has 1 aromatic carbocycles. The highest BCUT2D eigenvalue weighted by Crippen LogP contribution is 2.26. The molecule has 0 saturated carbocycles. The number of hydrogen-bond acceptors (Lipinski definition) is 3. The van der Waals surface area contributed by atoms with Crippen LogP contribution in [0.3, 0.4) is 0 Å². The molecule has 0 radical (unpaired) electrons. The Bertz CT molecular complexity index is 803. The summed E-state index contributed by atoms with van der Waals surface area (Å²) < 4.78 is 5.15. The summed E-state index contributed by atoms with van der Waals surface area (Å²) in [5.74, 6) is 0.224. The minimum absolute atomic E-state index is 0.0125. The van der Waals surface area contributed by atoms with Gasteiger partial charge in [0.25, 0.3) is 5.91 Å². The van der Waals surface area contributed by atoms with Crippen molar-refractivity contribution < 1.29 is 14.0 Å². The molecule has 27 heavy (non-hydrogen) atoms. The van der Waals surface area contributed by atoms with Gasteiger partial charge in [-0.05, 0) is 49.6 Å². The average molecular weight is 410 g/mol. The molecule has 1 aliphatic rings. The van der Waals surface area contributed by atoms with Crippen LogP contribution in [0.1, 0.15) is 41.9 Å². The van der Waals surface area contributed by atoms with Crippen LogP contribution in [0.2, 0.25) is 10.0 Å². The number of rotatable bonds is 4. The molecule has 2 heterocycles. The SMILES string of the molecule is C[C@H](NC(=O)NC1CCN(C(=O)c2ccco2)CC1)c1ccc(Cl)cc1Cl. The number of halogens is 2. The molecule has 144 valence electrons. The fraction of sp³-hybridized carbons (Fsp3) is 0.368. The van der Waals surface area contributed by atoms with Crippen molar-refractivity contribution in [3.63, 3.8) is 0 Å². The van der Waals surface area contributed by atoms with Gasteiger partial charge in [0.1, 0.15) is 0 Å². The van der Waals surface area contributed by atoms with Gasteiger partial charge in [-0.2, -0.15) is 0 Å². The normalized spacial score (nSPS) is 16.0. The van der Waals surface area contributed by atoms with Crippen LogP contribution in [0.15, 0.2) is 41.0 Å². The largest absolute Gasteiger partial charge is 0.459 e. The third kappa shape index (κ3) is 4.96. The van der Waals surface area contributed by atoms with Crippen LogP contribution in [-0.2, 0) is 0 Å². The van der Waals surface area contributed by atoms with Gasteiger partial charge in [-0.3, -0.25) is 4.79 Å². The first kappa shape index (κ1) is 19.6. The third-order valence-corrected chi connectivity index (χ3v) is 5.19. The number of furan rings is 1. The highest BCUT2D eigenvalue weighted by Gasteiger charge is 2.26. The molecule has 1 saturated heterocycles. The molecular weight excluding hydrogens is 389 g/mol. The van der Waals surface area contributed by atoms with E-state index in [9.17, 15) is 9.59 Å². The fourth-order valence-corrected chi connectivity index (χ4v) is 3.71. The van der Waals surface area contributed by atoms with Gasteiger partial charge in [-0.1, -0.05) is 29.3 Å². The second kappa shape index (κ2) is 8.67. The molecule has 0 aliphatic carbocycles. The lowest BCUT2D eigenvalue weighted by Gasteiger charge is -2.32. The first-order chi connectivity index (χ1) is 12.9. The second-order valence-corrected chi connectivity index (χ2v) is 7.39. The van der Waals surface area contributed by atoms with Crippen LogP contribution in [-0.4, -0.2) is 36.0 Å². The van der Waals surface area contributed by atoms with Crippen LogP contribution in [0, 0.1) is 0 Å². The van der Waals surface area contributed by atoms with E-state index in [0.717, 1.165) is 5.56 Å². The molecule has 0 spiro atoms. The Hall–Kier alpha value is -2.18. The summed E-state index contributed by atoms with van der Waals surface area (Å²) in [6.07, 6.45) is 2.87. The number of hydrogen-bond donors (Lipinski definition) is 2. The van der Waals surface area contributed by atoms with E-state index in [1.54, 1.807) is 35.2 Å². The Morgan fingerprint density at radius 2 is 1.96 bits per heavy atom. The average Bonchev–Trinajstić information content (AvgIpc) is 3.16. The summed E-state index contributed by atoms with van der Waals surface area (Å²) >= 11 is 12.1. The molecule has 2 aromatic rings. The zero-order chi connectivity index (χ0) is 19.4. The minimum Gasteiger partial charge on any atom is -0.459 e. The van der Waals surface area contributed by atoms with Gasteiger partial charge < -0.3 is 20.0 Å².